The van der Waals surface area contributed by atoms with Crippen molar-refractivity contribution < 1.29 is 9.21 Å². The van der Waals surface area contributed by atoms with Gasteiger partial charge in [-0.1, -0.05) is 29.4 Å². The first-order chi connectivity index (χ1) is 12.2. The quantitative estimate of drug-likeness (QED) is 0.625. The van der Waals surface area contributed by atoms with E-state index >= 15 is 0 Å². The average Bonchev–Trinajstić information content (AvgIpc) is 3.26. The van der Waals surface area contributed by atoms with Crippen LogP contribution in [0.2, 0.25) is 5.02 Å². The monoisotopic (exact) mass is 390 g/mol. The smallest absolute Gasteiger partial charge is 0.276 e. The summed E-state index contributed by atoms with van der Waals surface area (Å²) in [7, 11) is 0. The maximum Gasteiger partial charge on any atom is 0.276 e. The number of nitrogens with one attached hydrogen (secondary N) is 1. The molecule has 0 aliphatic carbocycles. The van der Waals surface area contributed by atoms with E-state index in [1.165, 1.54) is 23.1 Å². The van der Waals surface area contributed by atoms with Crippen molar-refractivity contribution in [1.29, 1.82) is 5.26 Å². The Kier molecular flexibility index (Phi) is 5.71. The van der Waals surface area contributed by atoms with Crippen LogP contribution in [-0.2, 0) is 4.79 Å². The molecule has 6 nitrogen and oxygen atoms in total. The Morgan fingerprint density at radius 1 is 1.40 bits per heavy atom. The summed E-state index contributed by atoms with van der Waals surface area (Å²) in [6, 6.07) is 10.5. The highest BCUT2D eigenvalue weighted by Crippen LogP contribution is 2.27. The Balaban J connectivity index is 1.48. The number of anilines is 1. The van der Waals surface area contributed by atoms with Crippen molar-refractivity contribution in [3.8, 4) is 16.8 Å². The van der Waals surface area contributed by atoms with Gasteiger partial charge in [0.2, 0.25) is 5.91 Å². The first kappa shape index (κ1) is 17.5. The number of amides is 1. The lowest BCUT2D eigenvalue weighted by molar-refractivity contribution is -0.115. The van der Waals surface area contributed by atoms with Crippen molar-refractivity contribution >= 4 is 46.3 Å². The molecule has 1 aromatic carbocycles. The van der Waals surface area contributed by atoms with E-state index < -0.39 is 0 Å². The minimum absolute atomic E-state index is 0.161. The zero-order chi connectivity index (χ0) is 17.6. The highest BCUT2D eigenvalue weighted by Gasteiger charge is 2.11. The first-order valence-electron chi connectivity index (χ1n) is 7.15. The predicted octanol–water partition coefficient (Wildman–Crippen LogP) is 4.44. The van der Waals surface area contributed by atoms with Gasteiger partial charge in [0.25, 0.3) is 11.1 Å². The number of nitrogens with zero attached hydrogens (tertiary/aromatic N) is 3. The molecule has 3 rings (SSSR count). The second-order valence-corrected chi connectivity index (χ2v) is 7.20. The topological polar surface area (TPSA) is 91.8 Å². The van der Waals surface area contributed by atoms with Crippen LogP contribution in [0.25, 0.3) is 10.8 Å². The highest BCUT2D eigenvalue weighted by atomic mass is 35.5. The normalized spacial score (nSPS) is 10.4. The fourth-order valence-corrected chi connectivity index (χ4v) is 3.47. The number of hydrogen-bond acceptors (Lipinski definition) is 7. The van der Waals surface area contributed by atoms with Crippen LogP contribution in [0, 0.1) is 11.3 Å². The van der Waals surface area contributed by atoms with Crippen molar-refractivity contribution in [1.82, 2.24) is 10.2 Å². The van der Waals surface area contributed by atoms with Crippen LogP contribution in [0.4, 0.5) is 5.69 Å². The number of rotatable bonds is 6. The van der Waals surface area contributed by atoms with Crippen molar-refractivity contribution in [2.24, 2.45) is 0 Å². The van der Waals surface area contributed by atoms with Crippen molar-refractivity contribution in [3.05, 3.63) is 46.3 Å². The summed E-state index contributed by atoms with van der Waals surface area (Å²) in [4.78, 5) is 12.9. The Morgan fingerprint density at radius 2 is 2.28 bits per heavy atom. The number of carbonyl (C=O) groups is 1. The minimum Gasteiger partial charge on any atom is -0.410 e. The van der Waals surface area contributed by atoms with Crippen molar-refractivity contribution in [3.63, 3.8) is 0 Å². The summed E-state index contributed by atoms with van der Waals surface area (Å²) in [5.41, 5.74) is 0.921. The third kappa shape index (κ3) is 4.60. The summed E-state index contributed by atoms with van der Waals surface area (Å²) in [5, 5.41) is 22.2. The summed E-state index contributed by atoms with van der Waals surface area (Å²) in [5.74, 6) is 0.822. The van der Waals surface area contributed by atoms with Crippen LogP contribution in [0.1, 0.15) is 12.0 Å². The Bertz CT molecular complexity index is 919. The van der Waals surface area contributed by atoms with Gasteiger partial charge < -0.3 is 9.73 Å². The zero-order valence-corrected chi connectivity index (χ0v) is 15.1. The second kappa shape index (κ2) is 8.16. The number of aromatic nitrogens is 2. The molecule has 0 aliphatic heterocycles. The van der Waals surface area contributed by atoms with Gasteiger partial charge in [0.05, 0.1) is 15.5 Å². The SMILES string of the molecule is N#Cc1ccc(NC(=O)CCSc2nnc(-c3cccs3)o2)cc1Cl. The molecular formula is C16H11ClN4O2S2. The average molecular weight is 391 g/mol. The Morgan fingerprint density at radius 3 is 3.00 bits per heavy atom. The third-order valence-corrected chi connectivity index (χ3v) is 5.06. The summed E-state index contributed by atoms with van der Waals surface area (Å²) < 4.78 is 5.54. The van der Waals surface area contributed by atoms with Gasteiger partial charge in [-0.3, -0.25) is 4.79 Å². The van der Waals surface area contributed by atoms with Crippen LogP contribution < -0.4 is 5.32 Å². The predicted molar refractivity (Wildman–Crippen MR) is 97.7 cm³/mol. The minimum atomic E-state index is -0.161. The van der Waals surface area contributed by atoms with Crippen molar-refractivity contribution in [2.75, 3.05) is 11.1 Å². The van der Waals surface area contributed by atoms with Crippen LogP contribution in [0.15, 0.2) is 45.4 Å². The Labute approximate surface area is 156 Å². The van der Waals surface area contributed by atoms with Gasteiger partial charge in [0.1, 0.15) is 6.07 Å². The Hall–Kier alpha value is -2.34. The van der Waals surface area contributed by atoms with Gasteiger partial charge >= 0.3 is 0 Å². The molecule has 3 aromatic rings. The number of carbonyl (C=O) groups excluding carboxylic acids is 1. The highest BCUT2D eigenvalue weighted by molar-refractivity contribution is 7.99. The molecule has 0 unspecified atom stereocenters. The number of halogens is 1. The number of thioether (sulfide) groups is 1. The van der Waals surface area contributed by atoms with Gasteiger partial charge in [-0.2, -0.15) is 5.26 Å². The zero-order valence-electron chi connectivity index (χ0n) is 12.7. The van der Waals surface area contributed by atoms with Gasteiger partial charge in [-0.25, -0.2) is 0 Å². The summed E-state index contributed by atoms with van der Waals surface area (Å²) in [6.45, 7) is 0. The molecular weight excluding hydrogens is 380 g/mol. The largest absolute Gasteiger partial charge is 0.410 e. The molecule has 1 N–H and O–H groups in total. The maximum absolute atomic E-state index is 12.0. The fraction of sp³-hybridized carbons (Fsp3) is 0.125. The molecule has 0 bridgehead atoms. The van der Waals surface area contributed by atoms with E-state index in [4.69, 9.17) is 21.3 Å². The summed E-state index contributed by atoms with van der Waals surface area (Å²) in [6.07, 6.45) is 0.277. The first-order valence-corrected chi connectivity index (χ1v) is 9.39. The molecule has 0 saturated heterocycles. The van der Waals surface area contributed by atoms with Gasteiger partial charge in [0.15, 0.2) is 0 Å². The van der Waals surface area contributed by atoms with Crippen LogP contribution in [0.5, 0.6) is 0 Å². The van der Waals surface area contributed by atoms with Crippen molar-refractivity contribution in [2.45, 2.75) is 11.6 Å². The molecule has 0 saturated carbocycles. The number of nitriles is 1. The van der Waals surface area contributed by atoms with E-state index in [0.29, 0.717) is 33.1 Å². The van der Waals surface area contributed by atoms with Gasteiger partial charge in [-0.15, -0.1) is 21.5 Å². The molecule has 9 heteroatoms. The molecule has 0 radical (unpaired) electrons. The van der Waals surface area contributed by atoms with Crippen LogP contribution >= 0.6 is 34.7 Å². The fourth-order valence-electron chi connectivity index (χ4n) is 1.91. The van der Waals surface area contributed by atoms with Gasteiger partial charge in [0, 0.05) is 17.9 Å². The third-order valence-electron chi connectivity index (χ3n) is 3.07. The van der Waals surface area contributed by atoms with Crippen LogP contribution in [-0.4, -0.2) is 21.9 Å². The van der Waals surface area contributed by atoms with E-state index in [1.54, 1.807) is 18.2 Å². The molecule has 2 aromatic heterocycles. The molecule has 0 aliphatic rings. The summed E-state index contributed by atoms with van der Waals surface area (Å²) >= 11 is 8.78. The molecule has 1 amide bonds. The second-order valence-electron chi connectivity index (χ2n) is 4.80. The van der Waals surface area contributed by atoms with E-state index in [1.807, 2.05) is 23.6 Å². The van der Waals surface area contributed by atoms with E-state index in [9.17, 15) is 4.79 Å². The molecule has 0 spiro atoms. The number of thiophene rings is 1. The molecule has 126 valence electrons. The molecule has 25 heavy (non-hydrogen) atoms. The number of benzene rings is 1. The number of hydrogen-bond donors (Lipinski definition) is 1. The standard InChI is InChI=1S/C16H11ClN4O2S2/c17-12-8-11(4-3-10(12)9-18)19-14(22)5-7-25-16-21-20-15(23-16)13-2-1-6-24-13/h1-4,6,8H,5,7H2,(H,19,22). The van der Waals surface area contributed by atoms with E-state index in [2.05, 4.69) is 15.5 Å². The lowest BCUT2D eigenvalue weighted by Crippen LogP contribution is -2.12. The van der Waals surface area contributed by atoms with Gasteiger partial charge in [-0.05, 0) is 29.6 Å². The molecule has 0 fully saturated rings. The van der Waals surface area contributed by atoms with E-state index in [0.717, 1.165) is 4.88 Å². The van der Waals surface area contributed by atoms with E-state index in [-0.39, 0.29) is 12.3 Å². The lowest BCUT2D eigenvalue weighted by atomic mass is 10.2. The maximum atomic E-state index is 12.0. The molecule has 2 heterocycles. The molecule has 0 atom stereocenters. The van der Waals surface area contributed by atoms with Crippen LogP contribution in [0.3, 0.4) is 0 Å². The lowest BCUT2D eigenvalue weighted by Gasteiger charge is -2.05.